The zero-order valence-electron chi connectivity index (χ0n) is 10.7. The van der Waals surface area contributed by atoms with Crippen molar-refractivity contribution in [1.82, 2.24) is 14.5 Å². The lowest BCUT2D eigenvalue weighted by Gasteiger charge is -2.12. The Morgan fingerprint density at radius 3 is 2.89 bits per heavy atom. The van der Waals surface area contributed by atoms with Gasteiger partial charge < -0.3 is 9.67 Å². The lowest BCUT2D eigenvalue weighted by atomic mass is 10.1. The van der Waals surface area contributed by atoms with Crippen LogP contribution in [0.5, 0.6) is 0 Å². The minimum Gasteiger partial charge on any atom is -0.481 e. The Labute approximate surface area is 119 Å². The summed E-state index contributed by atoms with van der Waals surface area (Å²) in [5.74, 6) is -0.474. The lowest BCUT2D eigenvalue weighted by Crippen LogP contribution is -2.08. The van der Waals surface area contributed by atoms with E-state index in [9.17, 15) is 4.79 Å². The number of aromatic nitrogens is 3. The number of imidazole rings is 1. The Hall–Kier alpha value is -1.34. The first-order valence-electron chi connectivity index (χ1n) is 5.86. The molecule has 0 aliphatic carbocycles. The van der Waals surface area contributed by atoms with Crippen molar-refractivity contribution in [1.29, 1.82) is 0 Å². The molecule has 0 radical (unpaired) electrons. The molecular weight excluding hydrogens is 282 g/mol. The van der Waals surface area contributed by atoms with E-state index in [-0.39, 0.29) is 5.75 Å². The molecule has 2 rings (SSSR count). The van der Waals surface area contributed by atoms with Crippen LogP contribution in [0.3, 0.4) is 0 Å². The van der Waals surface area contributed by atoms with Gasteiger partial charge in [-0.1, -0.05) is 25.6 Å². The molecule has 7 heteroatoms. The number of aliphatic carboxylic acids is 1. The quantitative estimate of drug-likeness (QED) is 0.830. The summed E-state index contributed by atoms with van der Waals surface area (Å²) in [6.45, 7) is 4.84. The minimum atomic E-state index is -0.833. The highest BCUT2D eigenvalue weighted by Gasteiger charge is 2.15. The molecule has 1 N–H and O–H groups in total. The molecule has 2 aromatic rings. The van der Waals surface area contributed by atoms with Gasteiger partial charge in [-0.2, -0.15) is 0 Å². The molecule has 0 aliphatic heterocycles. The number of thiazole rings is 1. The fourth-order valence-electron chi connectivity index (χ4n) is 1.70. The van der Waals surface area contributed by atoms with Crippen molar-refractivity contribution < 1.29 is 9.90 Å². The summed E-state index contributed by atoms with van der Waals surface area (Å²) in [6.07, 6.45) is 3.60. The summed E-state index contributed by atoms with van der Waals surface area (Å²) in [7, 11) is 0. The molecule has 0 unspecified atom stereocenters. The van der Waals surface area contributed by atoms with Crippen molar-refractivity contribution in [3.63, 3.8) is 0 Å². The first kappa shape index (κ1) is 14.1. The number of thioether (sulfide) groups is 1. The van der Waals surface area contributed by atoms with Crippen LogP contribution in [0.4, 0.5) is 0 Å². The molecule has 2 heterocycles. The number of carbonyl (C=O) groups is 1. The van der Waals surface area contributed by atoms with Gasteiger partial charge in [0.1, 0.15) is 5.01 Å². The second-order valence-electron chi connectivity index (χ2n) is 4.31. The van der Waals surface area contributed by atoms with Crippen LogP contribution in [0, 0.1) is 0 Å². The van der Waals surface area contributed by atoms with Crippen LogP contribution in [0.25, 0.3) is 0 Å². The highest BCUT2D eigenvalue weighted by molar-refractivity contribution is 7.99. The van der Waals surface area contributed by atoms with Crippen LogP contribution < -0.4 is 0 Å². The fraction of sp³-hybridized carbons (Fsp3) is 0.417. The normalized spacial score (nSPS) is 11.1. The maximum Gasteiger partial charge on any atom is 0.313 e. The van der Waals surface area contributed by atoms with Crippen LogP contribution in [0.2, 0.25) is 0 Å². The topological polar surface area (TPSA) is 68.0 Å². The SMILES string of the molecule is CC(C)c1cnc(SCC(=O)O)n1Cc1nccs1. The van der Waals surface area contributed by atoms with Crippen LogP contribution >= 0.6 is 23.1 Å². The molecule has 0 spiro atoms. The van der Waals surface area contributed by atoms with Gasteiger partial charge in [-0.15, -0.1) is 11.3 Å². The lowest BCUT2D eigenvalue weighted by molar-refractivity contribution is -0.133. The molecule has 0 saturated carbocycles. The molecule has 19 heavy (non-hydrogen) atoms. The first-order chi connectivity index (χ1) is 9.08. The Morgan fingerprint density at radius 1 is 1.53 bits per heavy atom. The average molecular weight is 297 g/mol. The van der Waals surface area contributed by atoms with E-state index in [1.807, 2.05) is 11.6 Å². The zero-order valence-corrected chi connectivity index (χ0v) is 12.4. The summed E-state index contributed by atoms with van der Waals surface area (Å²) >= 11 is 2.83. The highest BCUT2D eigenvalue weighted by atomic mass is 32.2. The second-order valence-corrected chi connectivity index (χ2v) is 6.24. The number of carboxylic acid groups (broad SMARTS) is 1. The van der Waals surface area contributed by atoms with Gasteiger partial charge in [0.2, 0.25) is 0 Å². The predicted octanol–water partition coefficient (Wildman–Crippen LogP) is 2.69. The van der Waals surface area contributed by atoms with Crippen molar-refractivity contribution in [2.75, 3.05) is 5.75 Å². The molecule has 0 aromatic carbocycles. The summed E-state index contributed by atoms with van der Waals surface area (Å²) < 4.78 is 2.05. The van der Waals surface area contributed by atoms with E-state index in [4.69, 9.17) is 5.11 Å². The average Bonchev–Trinajstić information content (AvgIpc) is 2.96. The highest BCUT2D eigenvalue weighted by Crippen LogP contribution is 2.24. The number of carboxylic acids is 1. The largest absolute Gasteiger partial charge is 0.481 e. The van der Waals surface area contributed by atoms with E-state index in [2.05, 4.69) is 28.4 Å². The zero-order chi connectivity index (χ0) is 13.8. The molecule has 102 valence electrons. The third-order valence-corrected chi connectivity index (χ3v) is 4.28. The van der Waals surface area contributed by atoms with E-state index in [1.165, 1.54) is 11.8 Å². The molecule has 2 aromatic heterocycles. The van der Waals surface area contributed by atoms with Gasteiger partial charge >= 0.3 is 5.97 Å². The van der Waals surface area contributed by atoms with Gasteiger partial charge in [-0.25, -0.2) is 9.97 Å². The summed E-state index contributed by atoms with van der Waals surface area (Å²) in [4.78, 5) is 19.3. The summed E-state index contributed by atoms with van der Waals surface area (Å²) in [6, 6.07) is 0. The number of rotatable bonds is 6. The Kier molecular flexibility index (Phi) is 4.60. The van der Waals surface area contributed by atoms with Crippen LogP contribution in [0.15, 0.2) is 22.9 Å². The number of hydrogen-bond acceptors (Lipinski definition) is 5. The second kappa shape index (κ2) is 6.21. The molecule has 0 bridgehead atoms. The van der Waals surface area contributed by atoms with Gasteiger partial charge in [0, 0.05) is 23.5 Å². The predicted molar refractivity (Wildman–Crippen MR) is 75.9 cm³/mol. The molecule has 5 nitrogen and oxygen atoms in total. The maximum atomic E-state index is 10.7. The number of nitrogens with zero attached hydrogens (tertiary/aromatic N) is 3. The van der Waals surface area contributed by atoms with E-state index in [0.717, 1.165) is 15.9 Å². The van der Waals surface area contributed by atoms with Crippen molar-refractivity contribution in [2.24, 2.45) is 0 Å². The van der Waals surface area contributed by atoms with Crippen LogP contribution in [-0.4, -0.2) is 31.4 Å². The van der Waals surface area contributed by atoms with Crippen LogP contribution in [-0.2, 0) is 11.3 Å². The van der Waals surface area contributed by atoms with Gasteiger partial charge in [0.05, 0.1) is 12.3 Å². The van der Waals surface area contributed by atoms with Gasteiger partial charge in [0.25, 0.3) is 0 Å². The minimum absolute atomic E-state index is 0.0203. The third-order valence-electron chi connectivity index (χ3n) is 2.54. The Bertz CT molecular complexity index is 549. The molecule has 0 saturated heterocycles. The van der Waals surface area contributed by atoms with Crippen molar-refractivity contribution in [3.05, 3.63) is 28.5 Å². The van der Waals surface area contributed by atoms with Gasteiger partial charge in [-0.05, 0) is 5.92 Å². The van der Waals surface area contributed by atoms with Crippen molar-refractivity contribution in [2.45, 2.75) is 31.5 Å². The van der Waals surface area contributed by atoms with E-state index < -0.39 is 5.97 Å². The summed E-state index contributed by atoms with van der Waals surface area (Å²) in [5.41, 5.74) is 1.10. The molecule has 0 aliphatic rings. The van der Waals surface area contributed by atoms with Crippen molar-refractivity contribution >= 4 is 29.1 Å². The molecule has 0 amide bonds. The van der Waals surface area contributed by atoms with E-state index in [0.29, 0.717) is 12.5 Å². The first-order valence-corrected chi connectivity index (χ1v) is 7.73. The Balaban J connectivity index is 2.25. The third kappa shape index (κ3) is 3.57. The smallest absolute Gasteiger partial charge is 0.313 e. The monoisotopic (exact) mass is 297 g/mol. The maximum absolute atomic E-state index is 10.7. The standard InChI is InChI=1S/C12H15N3O2S2/c1-8(2)9-5-14-12(19-7-11(16)17)15(9)6-10-13-3-4-18-10/h3-5,8H,6-7H2,1-2H3,(H,16,17). The van der Waals surface area contributed by atoms with Gasteiger partial charge in [0.15, 0.2) is 5.16 Å². The fourth-order valence-corrected chi connectivity index (χ4v) is 3.01. The Morgan fingerprint density at radius 2 is 2.32 bits per heavy atom. The van der Waals surface area contributed by atoms with Crippen LogP contribution in [0.1, 0.15) is 30.5 Å². The molecular formula is C12H15N3O2S2. The van der Waals surface area contributed by atoms with E-state index >= 15 is 0 Å². The van der Waals surface area contributed by atoms with Gasteiger partial charge in [-0.3, -0.25) is 4.79 Å². The molecule has 0 fully saturated rings. The number of hydrogen-bond donors (Lipinski definition) is 1. The summed E-state index contributed by atoms with van der Waals surface area (Å²) in [5, 5.41) is 12.4. The molecule has 0 atom stereocenters. The van der Waals surface area contributed by atoms with Crippen molar-refractivity contribution in [3.8, 4) is 0 Å². The van der Waals surface area contributed by atoms with E-state index in [1.54, 1.807) is 17.5 Å².